The van der Waals surface area contributed by atoms with E-state index in [0.717, 1.165) is 55.9 Å². The van der Waals surface area contributed by atoms with Crippen LogP contribution >= 0.6 is 0 Å². The van der Waals surface area contributed by atoms with Gasteiger partial charge in [0, 0.05) is 39.1 Å². The van der Waals surface area contributed by atoms with E-state index in [4.69, 9.17) is 15.2 Å². The molecule has 2 fully saturated rings. The van der Waals surface area contributed by atoms with Crippen molar-refractivity contribution >= 4 is 11.8 Å². The number of rotatable bonds is 11. The first-order valence-corrected chi connectivity index (χ1v) is 13.5. The number of nitrogens with two attached hydrogens (primary N) is 1. The van der Waals surface area contributed by atoms with Crippen molar-refractivity contribution in [2.45, 2.75) is 58.0 Å². The molecule has 1 aromatic carbocycles. The molecule has 2 saturated heterocycles. The summed E-state index contributed by atoms with van der Waals surface area (Å²) < 4.78 is 25.8. The summed E-state index contributed by atoms with van der Waals surface area (Å²) in [4.78, 5) is 28.0. The number of hydrogen-bond donors (Lipinski definition) is 1. The fourth-order valence-electron chi connectivity index (χ4n) is 5.96. The highest BCUT2D eigenvalue weighted by molar-refractivity contribution is 5.79. The first kappa shape index (κ1) is 27.3. The van der Waals surface area contributed by atoms with Crippen LogP contribution in [0.25, 0.3) is 0 Å². The Labute approximate surface area is 219 Å². The highest BCUT2D eigenvalue weighted by Gasteiger charge is 2.44. The number of piperidine rings is 1. The Morgan fingerprint density at radius 1 is 1.16 bits per heavy atom. The summed E-state index contributed by atoms with van der Waals surface area (Å²) in [6, 6.07) is 6.58. The molecule has 202 valence electrons. The van der Waals surface area contributed by atoms with Crippen molar-refractivity contribution < 1.29 is 23.5 Å². The van der Waals surface area contributed by atoms with Crippen LogP contribution in [0.4, 0.5) is 4.39 Å². The van der Waals surface area contributed by atoms with Crippen molar-refractivity contribution in [2.24, 2.45) is 11.1 Å². The van der Waals surface area contributed by atoms with Gasteiger partial charge in [0.05, 0.1) is 18.6 Å². The lowest BCUT2D eigenvalue weighted by Crippen LogP contribution is -2.42. The fraction of sp³-hybridized carbons (Fsp3) is 0.586. The van der Waals surface area contributed by atoms with Gasteiger partial charge in [0.25, 0.3) is 0 Å². The van der Waals surface area contributed by atoms with E-state index in [-0.39, 0.29) is 35.1 Å². The molecule has 2 N–H and O–H groups in total. The van der Waals surface area contributed by atoms with E-state index < -0.39 is 0 Å². The van der Waals surface area contributed by atoms with E-state index in [1.54, 1.807) is 0 Å². The van der Waals surface area contributed by atoms with Gasteiger partial charge in [0.15, 0.2) is 0 Å². The molecule has 0 radical (unpaired) electrons. The van der Waals surface area contributed by atoms with Crippen molar-refractivity contribution in [3.8, 4) is 0 Å². The topological polar surface area (TPSA) is 85.1 Å². The summed E-state index contributed by atoms with van der Waals surface area (Å²) >= 11 is 0. The van der Waals surface area contributed by atoms with Crippen LogP contribution in [0.2, 0.25) is 0 Å². The maximum absolute atomic E-state index is 13.6. The molecular weight excluding hydrogens is 473 g/mol. The van der Waals surface area contributed by atoms with Gasteiger partial charge in [0.1, 0.15) is 11.6 Å². The zero-order valence-corrected chi connectivity index (χ0v) is 22.1. The van der Waals surface area contributed by atoms with Crippen LogP contribution in [0.15, 0.2) is 47.7 Å². The molecule has 7 nitrogen and oxygen atoms in total. The third-order valence-corrected chi connectivity index (χ3v) is 7.82. The lowest BCUT2D eigenvalue weighted by molar-refractivity contribution is -0.128. The first-order valence-electron chi connectivity index (χ1n) is 13.5. The SMILES string of the molecule is CCOC1=CC(CN2CCC3(CC2)CC(=O)N(CCCC(N)=O)C3)=CC(OCC)C1c1ccc(F)cc1. The third-order valence-electron chi connectivity index (χ3n) is 7.82. The zero-order valence-electron chi connectivity index (χ0n) is 22.1. The number of carbonyl (C=O) groups excluding carboxylic acids is 2. The second-order valence-electron chi connectivity index (χ2n) is 10.5. The van der Waals surface area contributed by atoms with E-state index in [1.165, 1.54) is 12.1 Å². The van der Waals surface area contributed by atoms with E-state index in [2.05, 4.69) is 17.1 Å². The number of likely N-dealkylation sites (tertiary alicyclic amines) is 2. The Balaban J connectivity index is 1.39. The summed E-state index contributed by atoms with van der Waals surface area (Å²) in [5.41, 5.74) is 7.42. The standard InChI is InChI=1S/C29H40FN3O4/c1-3-36-24-16-21(17-25(37-4-2)28(24)22-7-9-23(30)10-8-22)19-32-14-11-29(12-15-32)18-27(35)33(20-29)13-5-6-26(31)34/h7-10,16-17,24,28H,3-6,11-15,18-20H2,1-2H3,(H2,31,34). The molecule has 2 aliphatic heterocycles. The molecule has 2 unspecified atom stereocenters. The van der Waals surface area contributed by atoms with Crippen molar-refractivity contribution in [1.82, 2.24) is 9.80 Å². The lowest BCUT2D eigenvalue weighted by atomic mass is 9.77. The minimum absolute atomic E-state index is 0.0368. The molecule has 0 saturated carbocycles. The molecule has 37 heavy (non-hydrogen) atoms. The van der Waals surface area contributed by atoms with E-state index in [1.807, 2.05) is 30.9 Å². The van der Waals surface area contributed by atoms with Gasteiger partial charge >= 0.3 is 0 Å². The number of carbonyl (C=O) groups is 2. The molecule has 1 aromatic rings. The Kier molecular flexibility index (Phi) is 9.03. The van der Waals surface area contributed by atoms with Gasteiger partial charge in [-0.2, -0.15) is 0 Å². The number of halogens is 1. The molecular formula is C29H40FN3O4. The second-order valence-corrected chi connectivity index (χ2v) is 10.5. The molecule has 3 aliphatic rings. The van der Waals surface area contributed by atoms with Crippen LogP contribution in [-0.4, -0.2) is 73.7 Å². The largest absolute Gasteiger partial charge is 0.497 e. The van der Waals surface area contributed by atoms with Gasteiger partial charge in [-0.05, 0) is 81.0 Å². The normalized spacial score (nSPS) is 23.8. The van der Waals surface area contributed by atoms with Gasteiger partial charge < -0.3 is 20.1 Å². The first-order chi connectivity index (χ1) is 17.8. The molecule has 2 amide bonds. The van der Waals surface area contributed by atoms with Crippen LogP contribution in [0.1, 0.15) is 57.4 Å². The van der Waals surface area contributed by atoms with Crippen LogP contribution in [0.5, 0.6) is 0 Å². The van der Waals surface area contributed by atoms with E-state index >= 15 is 0 Å². The predicted octanol–water partition coefficient (Wildman–Crippen LogP) is 3.75. The molecule has 1 aliphatic carbocycles. The molecule has 2 atom stereocenters. The number of amides is 2. The highest BCUT2D eigenvalue weighted by Crippen LogP contribution is 2.42. The van der Waals surface area contributed by atoms with Crippen LogP contribution in [0, 0.1) is 11.2 Å². The van der Waals surface area contributed by atoms with Crippen molar-refractivity contribution in [3.05, 3.63) is 59.1 Å². The number of nitrogens with zero attached hydrogens (tertiary/aromatic N) is 2. The molecule has 0 aromatic heterocycles. The van der Waals surface area contributed by atoms with Gasteiger partial charge in [-0.1, -0.05) is 18.2 Å². The molecule has 1 spiro atoms. The van der Waals surface area contributed by atoms with Crippen LogP contribution in [0.3, 0.4) is 0 Å². The lowest BCUT2D eigenvalue weighted by Gasteiger charge is -2.39. The number of ether oxygens (including phenoxy) is 2. The Bertz CT molecular complexity index is 1010. The minimum Gasteiger partial charge on any atom is -0.497 e. The van der Waals surface area contributed by atoms with Crippen LogP contribution in [-0.2, 0) is 19.1 Å². The summed E-state index contributed by atoms with van der Waals surface area (Å²) in [5.74, 6) is 0.365. The Morgan fingerprint density at radius 2 is 1.89 bits per heavy atom. The number of hydrogen-bond acceptors (Lipinski definition) is 5. The van der Waals surface area contributed by atoms with Gasteiger partial charge in [0.2, 0.25) is 11.8 Å². The van der Waals surface area contributed by atoms with Gasteiger partial charge in [-0.25, -0.2) is 4.39 Å². The smallest absolute Gasteiger partial charge is 0.223 e. The monoisotopic (exact) mass is 513 g/mol. The van der Waals surface area contributed by atoms with Crippen LogP contribution < -0.4 is 5.73 Å². The maximum Gasteiger partial charge on any atom is 0.223 e. The number of primary amides is 1. The average Bonchev–Trinajstić information content (AvgIpc) is 3.16. The maximum atomic E-state index is 13.6. The van der Waals surface area contributed by atoms with Gasteiger partial charge in [-0.3, -0.25) is 14.5 Å². The average molecular weight is 514 g/mol. The summed E-state index contributed by atoms with van der Waals surface area (Å²) in [7, 11) is 0. The van der Waals surface area contributed by atoms with E-state index in [9.17, 15) is 14.0 Å². The molecule has 2 heterocycles. The van der Waals surface area contributed by atoms with Crippen molar-refractivity contribution in [2.75, 3.05) is 45.9 Å². The third kappa shape index (κ3) is 6.79. The molecule has 0 bridgehead atoms. The van der Waals surface area contributed by atoms with Crippen molar-refractivity contribution in [3.63, 3.8) is 0 Å². The highest BCUT2D eigenvalue weighted by atomic mass is 19.1. The quantitative estimate of drug-likeness (QED) is 0.487. The Morgan fingerprint density at radius 3 is 2.54 bits per heavy atom. The van der Waals surface area contributed by atoms with Gasteiger partial charge in [-0.15, -0.1) is 0 Å². The second kappa shape index (κ2) is 12.2. The van der Waals surface area contributed by atoms with E-state index in [0.29, 0.717) is 39.0 Å². The summed E-state index contributed by atoms with van der Waals surface area (Å²) in [5, 5.41) is 0. The number of benzene rings is 1. The molecule has 8 heteroatoms. The zero-order chi connectivity index (χ0) is 26.4. The van der Waals surface area contributed by atoms with Crippen molar-refractivity contribution in [1.29, 1.82) is 0 Å². The molecule has 4 rings (SSSR count). The summed E-state index contributed by atoms with van der Waals surface area (Å²) in [6.45, 7) is 9.12. The Hall–Kier alpha value is -2.71. The summed E-state index contributed by atoms with van der Waals surface area (Å²) in [6.07, 6.45) is 7.63. The predicted molar refractivity (Wildman–Crippen MR) is 140 cm³/mol. The minimum atomic E-state index is -0.316. The fourth-order valence-corrected chi connectivity index (χ4v) is 5.96.